The third kappa shape index (κ3) is 4.10. The van der Waals surface area contributed by atoms with Gasteiger partial charge in [0.15, 0.2) is 6.61 Å². The van der Waals surface area contributed by atoms with Gasteiger partial charge in [-0.25, -0.2) is 4.79 Å². The topological polar surface area (TPSA) is 75.6 Å². The number of nitrogens with one attached hydrogen (secondary N) is 1. The highest BCUT2D eigenvalue weighted by Gasteiger charge is 2.13. The molecule has 26 heavy (non-hydrogen) atoms. The molecule has 1 aromatic heterocycles. The van der Waals surface area contributed by atoms with E-state index in [0.29, 0.717) is 5.75 Å². The zero-order chi connectivity index (χ0) is 18.5. The van der Waals surface area contributed by atoms with Gasteiger partial charge in [-0.3, -0.25) is 4.79 Å². The first-order valence-electron chi connectivity index (χ1n) is 7.93. The maximum absolute atomic E-state index is 12.0. The number of rotatable bonds is 6. The highest BCUT2D eigenvalue weighted by Crippen LogP contribution is 2.25. The van der Waals surface area contributed by atoms with Crippen LogP contribution in [0.15, 0.2) is 59.3 Å². The van der Waals surface area contributed by atoms with Gasteiger partial charge in [-0.15, -0.1) is 11.3 Å². The second-order valence-corrected chi connectivity index (χ2v) is 6.42. The lowest BCUT2D eigenvalue weighted by molar-refractivity contribution is -0.118. The van der Waals surface area contributed by atoms with Crippen molar-refractivity contribution in [2.24, 2.45) is 0 Å². The molecule has 2 N–H and O–H groups in total. The van der Waals surface area contributed by atoms with E-state index in [1.807, 2.05) is 36.4 Å². The molecule has 0 unspecified atom stereocenters. The van der Waals surface area contributed by atoms with Gasteiger partial charge in [0.25, 0.3) is 5.91 Å². The number of carbonyl (C=O) groups excluding carboxylic acids is 1. The van der Waals surface area contributed by atoms with Crippen LogP contribution in [0.25, 0.3) is 11.1 Å². The van der Waals surface area contributed by atoms with E-state index in [2.05, 4.69) is 24.4 Å². The van der Waals surface area contributed by atoms with E-state index >= 15 is 0 Å². The van der Waals surface area contributed by atoms with Gasteiger partial charge in [-0.05, 0) is 35.7 Å². The van der Waals surface area contributed by atoms with Crippen LogP contribution in [-0.2, 0) is 4.79 Å². The molecule has 1 heterocycles. The second-order valence-electron chi connectivity index (χ2n) is 5.68. The van der Waals surface area contributed by atoms with E-state index in [9.17, 15) is 9.59 Å². The second kappa shape index (κ2) is 7.84. The SMILES string of the molecule is Cc1ccccc1-c1ccc(OCC(=O)Nc2cscc2C(=O)O)cc1. The molecule has 0 spiro atoms. The molecule has 0 bridgehead atoms. The molecule has 132 valence electrons. The highest BCUT2D eigenvalue weighted by atomic mass is 32.1. The predicted molar refractivity (Wildman–Crippen MR) is 102 cm³/mol. The Morgan fingerprint density at radius 2 is 1.81 bits per heavy atom. The Bertz CT molecular complexity index is 931. The number of anilines is 1. The molecule has 0 aliphatic rings. The van der Waals surface area contributed by atoms with Gasteiger partial charge in [0.1, 0.15) is 5.75 Å². The minimum atomic E-state index is -1.07. The maximum atomic E-state index is 12.0. The number of hydrogen-bond acceptors (Lipinski definition) is 4. The van der Waals surface area contributed by atoms with Crippen LogP contribution >= 0.6 is 11.3 Å². The molecule has 0 saturated carbocycles. The number of aromatic carboxylic acids is 1. The molecule has 5 nitrogen and oxygen atoms in total. The first-order valence-corrected chi connectivity index (χ1v) is 8.87. The summed E-state index contributed by atoms with van der Waals surface area (Å²) in [7, 11) is 0. The summed E-state index contributed by atoms with van der Waals surface area (Å²) < 4.78 is 5.48. The van der Waals surface area contributed by atoms with E-state index in [1.54, 1.807) is 5.38 Å². The summed E-state index contributed by atoms with van der Waals surface area (Å²) in [6, 6.07) is 15.6. The molecular weight excluding hydrogens is 350 g/mol. The number of benzene rings is 2. The molecule has 3 rings (SSSR count). The number of amides is 1. The Balaban J connectivity index is 1.60. The van der Waals surface area contributed by atoms with Gasteiger partial charge < -0.3 is 15.2 Å². The molecule has 0 fully saturated rings. The Labute approximate surface area is 154 Å². The molecule has 0 saturated heterocycles. The van der Waals surface area contributed by atoms with E-state index in [4.69, 9.17) is 9.84 Å². The van der Waals surface area contributed by atoms with Crippen LogP contribution in [0.1, 0.15) is 15.9 Å². The minimum Gasteiger partial charge on any atom is -0.484 e. The van der Waals surface area contributed by atoms with Crippen molar-refractivity contribution in [2.75, 3.05) is 11.9 Å². The molecule has 0 atom stereocenters. The van der Waals surface area contributed by atoms with Crippen LogP contribution in [-0.4, -0.2) is 23.6 Å². The fraction of sp³-hybridized carbons (Fsp3) is 0.100. The van der Waals surface area contributed by atoms with Gasteiger partial charge in [0.05, 0.1) is 11.3 Å². The van der Waals surface area contributed by atoms with Crippen molar-refractivity contribution in [3.8, 4) is 16.9 Å². The Hall–Kier alpha value is -3.12. The average Bonchev–Trinajstić information content (AvgIpc) is 3.09. The van der Waals surface area contributed by atoms with E-state index < -0.39 is 11.9 Å². The fourth-order valence-corrected chi connectivity index (χ4v) is 3.28. The van der Waals surface area contributed by atoms with Crippen molar-refractivity contribution in [2.45, 2.75) is 6.92 Å². The third-order valence-corrected chi connectivity index (χ3v) is 4.59. The van der Waals surface area contributed by atoms with Crippen LogP contribution in [0.5, 0.6) is 5.75 Å². The van der Waals surface area contributed by atoms with Gasteiger partial charge in [-0.2, -0.15) is 0 Å². The smallest absolute Gasteiger partial charge is 0.338 e. The molecule has 0 aliphatic carbocycles. The molecule has 0 radical (unpaired) electrons. The quantitative estimate of drug-likeness (QED) is 0.675. The van der Waals surface area contributed by atoms with Gasteiger partial charge >= 0.3 is 5.97 Å². The average molecular weight is 367 g/mol. The van der Waals surface area contributed by atoms with Crippen molar-refractivity contribution in [1.29, 1.82) is 0 Å². The van der Waals surface area contributed by atoms with Gasteiger partial charge in [0.2, 0.25) is 0 Å². The van der Waals surface area contributed by atoms with Crippen LogP contribution in [0.4, 0.5) is 5.69 Å². The first-order chi connectivity index (χ1) is 12.5. The normalized spacial score (nSPS) is 10.3. The Morgan fingerprint density at radius 3 is 2.50 bits per heavy atom. The van der Waals surface area contributed by atoms with Gasteiger partial charge in [0, 0.05) is 10.8 Å². The molecule has 2 aromatic carbocycles. The zero-order valence-electron chi connectivity index (χ0n) is 14.1. The molecule has 6 heteroatoms. The van der Waals surface area contributed by atoms with Crippen molar-refractivity contribution >= 4 is 28.9 Å². The number of thiophene rings is 1. The van der Waals surface area contributed by atoms with Crippen LogP contribution in [0.2, 0.25) is 0 Å². The largest absolute Gasteiger partial charge is 0.484 e. The van der Waals surface area contributed by atoms with E-state index in [1.165, 1.54) is 22.3 Å². The molecule has 0 aliphatic heterocycles. The number of carbonyl (C=O) groups is 2. The summed E-state index contributed by atoms with van der Waals surface area (Å²) >= 11 is 1.22. The van der Waals surface area contributed by atoms with Crippen molar-refractivity contribution in [1.82, 2.24) is 0 Å². The monoisotopic (exact) mass is 367 g/mol. The Kier molecular flexibility index (Phi) is 5.34. The molecule has 3 aromatic rings. The van der Waals surface area contributed by atoms with Crippen molar-refractivity contribution in [3.05, 3.63) is 70.4 Å². The number of hydrogen-bond donors (Lipinski definition) is 2. The number of ether oxygens (including phenoxy) is 1. The van der Waals surface area contributed by atoms with Crippen molar-refractivity contribution in [3.63, 3.8) is 0 Å². The Morgan fingerprint density at radius 1 is 1.08 bits per heavy atom. The summed E-state index contributed by atoms with van der Waals surface area (Å²) in [5.41, 5.74) is 3.77. The minimum absolute atomic E-state index is 0.0749. The standard InChI is InChI=1S/C20H17NO4S/c1-13-4-2-3-5-16(13)14-6-8-15(9-7-14)25-10-19(22)21-18-12-26-11-17(18)20(23)24/h2-9,11-12H,10H2,1H3,(H,21,22)(H,23,24). The van der Waals surface area contributed by atoms with E-state index in [0.717, 1.165) is 11.1 Å². The third-order valence-electron chi connectivity index (χ3n) is 3.85. The summed E-state index contributed by atoms with van der Waals surface area (Å²) in [5.74, 6) is -0.913. The molecular formula is C20H17NO4S. The summed E-state index contributed by atoms with van der Waals surface area (Å²) in [4.78, 5) is 23.0. The van der Waals surface area contributed by atoms with Gasteiger partial charge in [-0.1, -0.05) is 36.4 Å². The molecule has 1 amide bonds. The zero-order valence-corrected chi connectivity index (χ0v) is 14.9. The fourth-order valence-electron chi connectivity index (χ4n) is 2.52. The summed E-state index contributed by atoms with van der Waals surface area (Å²) in [5, 5.41) is 14.6. The van der Waals surface area contributed by atoms with Crippen LogP contribution in [0.3, 0.4) is 0 Å². The van der Waals surface area contributed by atoms with Crippen LogP contribution < -0.4 is 10.1 Å². The first kappa shape index (κ1) is 17.7. The predicted octanol–water partition coefficient (Wildman–Crippen LogP) is 4.44. The number of aryl methyl sites for hydroxylation is 1. The summed E-state index contributed by atoms with van der Waals surface area (Å²) in [6.07, 6.45) is 0. The van der Waals surface area contributed by atoms with Crippen molar-refractivity contribution < 1.29 is 19.4 Å². The summed E-state index contributed by atoms with van der Waals surface area (Å²) in [6.45, 7) is 1.86. The highest BCUT2D eigenvalue weighted by molar-refractivity contribution is 7.08. The number of carboxylic acids is 1. The van der Waals surface area contributed by atoms with E-state index in [-0.39, 0.29) is 17.9 Å². The maximum Gasteiger partial charge on any atom is 0.338 e. The van der Waals surface area contributed by atoms with Crippen LogP contribution in [0, 0.1) is 6.92 Å². The number of carboxylic acid groups (broad SMARTS) is 1. The lowest BCUT2D eigenvalue weighted by Crippen LogP contribution is -2.21. The lowest BCUT2D eigenvalue weighted by atomic mass is 10.0. The lowest BCUT2D eigenvalue weighted by Gasteiger charge is -2.09.